The molecule has 1 rings (SSSR count). The zero-order chi connectivity index (χ0) is 13.8. The summed E-state index contributed by atoms with van der Waals surface area (Å²) in [7, 11) is 0. The highest BCUT2D eigenvalue weighted by Gasteiger charge is 2.31. The van der Waals surface area contributed by atoms with E-state index in [1.807, 2.05) is 6.92 Å². The molecule has 0 saturated carbocycles. The second-order valence-electron chi connectivity index (χ2n) is 3.78. The number of benzene rings is 1. The quantitative estimate of drug-likeness (QED) is 0.503. The molecule has 0 radical (unpaired) electrons. The largest absolute Gasteiger partial charge is 0.416 e. The summed E-state index contributed by atoms with van der Waals surface area (Å²) in [6.07, 6.45) is -3.77. The van der Waals surface area contributed by atoms with Gasteiger partial charge in [0.05, 0.1) is 5.56 Å². The highest BCUT2D eigenvalue weighted by Crippen LogP contribution is 2.31. The van der Waals surface area contributed by atoms with Crippen LogP contribution in [0.2, 0.25) is 0 Å². The average molecular weight is 261 g/mol. The number of carbonyl (C=O) groups excluding carboxylic acids is 1. The van der Waals surface area contributed by atoms with E-state index in [0.29, 0.717) is 6.61 Å². The predicted octanol–water partition coefficient (Wildman–Crippen LogP) is 2.90. The first kappa shape index (κ1) is 14.5. The molecule has 0 aromatic heterocycles. The van der Waals surface area contributed by atoms with Crippen molar-refractivity contribution in [1.29, 1.82) is 0 Å². The van der Waals surface area contributed by atoms with Crippen LogP contribution in [0.4, 0.5) is 18.9 Å². The maximum atomic E-state index is 12.5. The fourth-order valence-corrected chi connectivity index (χ4v) is 1.36. The molecule has 0 aliphatic carbocycles. The number of hydrogen-bond acceptors (Lipinski definition) is 3. The zero-order valence-electron chi connectivity index (χ0n) is 9.88. The van der Waals surface area contributed by atoms with Crippen molar-refractivity contribution in [3.8, 4) is 0 Å². The Hall–Kier alpha value is -1.56. The lowest BCUT2D eigenvalue weighted by atomic mass is 10.0. The SMILES string of the molecule is CCCOCC(=O)c1cc(C(F)(F)F)ccc1N. The number of halogens is 3. The monoisotopic (exact) mass is 261 g/mol. The summed E-state index contributed by atoms with van der Waals surface area (Å²) in [5.41, 5.74) is 4.47. The molecule has 0 unspecified atom stereocenters. The first-order chi connectivity index (χ1) is 8.36. The number of ketones is 1. The molecule has 18 heavy (non-hydrogen) atoms. The van der Waals surface area contributed by atoms with Gasteiger partial charge in [0.15, 0.2) is 5.78 Å². The van der Waals surface area contributed by atoms with E-state index in [9.17, 15) is 18.0 Å². The number of Topliss-reactive ketones (excluding diaryl/α,β-unsaturated/α-hetero) is 1. The van der Waals surface area contributed by atoms with Gasteiger partial charge in [-0.05, 0) is 24.6 Å². The number of nitrogen functional groups attached to an aromatic ring is 1. The van der Waals surface area contributed by atoms with Gasteiger partial charge in [-0.2, -0.15) is 13.2 Å². The Labute approximate surface area is 103 Å². The van der Waals surface area contributed by atoms with Gasteiger partial charge in [0, 0.05) is 17.9 Å². The van der Waals surface area contributed by atoms with E-state index in [0.717, 1.165) is 24.6 Å². The molecule has 0 atom stereocenters. The Morgan fingerprint density at radius 1 is 1.39 bits per heavy atom. The van der Waals surface area contributed by atoms with Crippen LogP contribution < -0.4 is 5.73 Å². The Kier molecular flexibility index (Phi) is 4.72. The van der Waals surface area contributed by atoms with Crippen LogP contribution in [-0.2, 0) is 10.9 Å². The molecule has 6 heteroatoms. The lowest BCUT2D eigenvalue weighted by Gasteiger charge is -2.10. The Morgan fingerprint density at radius 3 is 2.61 bits per heavy atom. The van der Waals surface area contributed by atoms with Gasteiger partial charge in [-0.15, -0.1) is 0 Å². The molecule has 3 nitrogen and oxygen atoms in total. The van der Waals surface area contributed by atoms with Gasteiger partial charge in [0.2, 0.25) is 0 Å². The second-order valence-corrected chi connectivity index (χ2v) is 3.78. The van der Waals surface area contributed by atoms with Gasteiger partial charge in [0.25, 0.3) is 0 Å². The van der Waals surface area contributed by atoms with Crippen molar-refractivity contribution in [3.05, 3.63) is 29.3 Å². The summed E-state index contributed by atoms with van der Waals surface area (Å²) in [5, 5.41) is 0. The van der Waals surface area contributed by atoms with Crippen molar-refractivity contribution in [2.24, 2.45) is 0 Å². The number of hydrogen-bond donors (Lipinski definition) is 1. The number of anilines is 1. The zero-order valence-corrected chi connectivity index (χ0v) is 9.88. The first-order valence-electron chi connectivity index (χ1n) is 5.44. The average Bonchev–Trinajstić information content (AvgIpc) is 2.28. The maximum absolute atomic E-state index is 12.5. The minimum absolute atomic E-state index is 0.0214. The van der Waals surface area contributed by atoms with E-state index in [1.54, 1.807) is 0 Å². The maximum Gasteiger partial charge on any atom is 0.416 e. The second kappa shape index (κ2) is 5.86. The molecule has 0 spiro atoms. The normalized spacial score (nSPS) is 11.6. The van der Waals surface area contributed by atoms with Crippen molar-refractivity contribution in [2.45, 2.75) is 19.5 Å². The van der Waals surface area contributed by atoms with E-state index >= 15 is 0 Å². The summed E-state index contributed by atoms with van der Waals surface area (Å²) in [6, 6.07) is 2.68. The van der Waals surface area contributed by atoms with E-state index in [1.165, 1.54) is 0 Å². The summed E-state index contributed by atoms with van der Waals surface area (Å²) in [6.45, 7) is 1.98. The van der Waals surface area contributed by atoms with Crippen LogP contribution in [0.5, 0.6) is 0 Å². The molecule has 1 aromatic carbocycles. The van der Waals surface area contributed by atoms with Crippen molar-refractivity contribution in [3.63, 3.8) is 0 Å². The molecule has 2 N–H and O–H groups in total. The topological polar surface area (TPSA) is 52.3 Å². The molecule has 0 aliphatic heterocycles. The minimum Gasteiger partial charge on any atom is -0.398 e. The van der Waals surface area contributed by atoms with E-state index in [-0.39, 0.29) is 17.9 Å². The van der Waals surface area contributed by atoms with E-state index in [2.05, 4.69) is 0 Å². The van der Waals surface area contributed by atoms with Crippen LogP contribution in [-0.4, -0.2) is 19.0 Å². The molecule has 0 saturated heterocycles. The van der Waals surface area contributed by atoms with Gasteiger partial charge in [0.1, 0.15) is 6.61 Å². The van der Waals surface area contributed by atoms with Crippen molar-refractivity contribution < 1.29 is 22.7 Å². The molecule has 0 heterocycles. The van der Waals surface area contributed by atoms with Gasteiger partial charge >= 0.3 is 6.18 Å². The molecule has 0 bridgehead atoms. The molecular weight excluding hydrogens is 247 g/mol. The highest BCUT2D eigenvalue weighted by molar-refractivity contribution is 6.01. The fraction of sp³-hybridized carbons (Fsp3) is 0.417. The molecule has 0 fully saturated rings. The van der Waals surface area contributed by atoms with Gasteiger partial charge in [-0.1, -0.05) is 6.92 Å². The van der Waals surface area contributed by atoms with E-state index < -0.39 is 17.5 Å². The number of carbonyl (C=O) groups is 1. The smallest absolute Gasteiger partial charge is 0.398 e. The summed E-state index contributed by atoms with van der Waals surface area (Å²) >= 11 is 0. The third-order valence-corrected chi connectivity index (χ3v) is 2.26. The predicted molar refractivity (Wildman–Crippen MR) is 61.3 cm³/mol. The lowest BCUT2D eigenvalue weighted by molar-refractivity contribution is -0.137. The van der Waals surface area contributed by atoms with Crippen LogP contribution in [0.1, 0.15) is 29.3 Å². The molecule has 0 amide bonds. The van der Waals surface area contributed by atoms with Gasteiger partial charge in [-0.25, -0.2) is 0 Å². The summed E-state index contributed by atoms with van der Waals surface area (Å²) < 4.78 is 42.5. The standard InChI is InChI=1S/C12H14F3NO2/c1-2-5-18-7-11(17)9-6-8(12(13,14)15)3-4-10(9)16/h3-4,6H,2,5,7,16H2,1H3. The third kappa shape index (κ3) is 3.73. The molecular formula is C12H14F3NO2. The van der Waals surface area contributed by atoms with Gasteiger partial charge in [-0.3, -0.25) is 4.79 Å². The Bertz CT molecular complexity index is 430. The fourth-order valence-electron chi connectivity index (χ4n) is 1.36. The molecule has 1 aromatic rings. The van der Waals surface area contributed by atoms with Gasteiger partial charge < -0.3 is 10.5 Å². The van der Waals surface area contributed by atoms with Crippen LogP contribution in [0.25, 0.3) is 0 Å². The summed E-state index contributed by atoms with van der Waals surface area (Å²) in [4.78, 5) is 11.6. The number of ether oxygens (including phenoxy) is 1. The van der Waals surface area contributed by atoms with Crippen LogP contribution in [0, 0.1) is 0 Å². The number of rotatable bonds is 5. The summed E-state index contributed by atoms with van der Waals surface area (Å²) in [5.74, 6) is -0.549. The van der Waals surface area contributed by atoms with Crippen LogP contribution >= 0.6 is 0 Å². The van der Waals surface area contributed by atoms with Crippen molar-refractivity contribution in [1.82, 2.24) is 0 Å². The molecule has 0 aliphatic rings. The highest BCUT2D eigenvalue weighted by atomic mass is 19.4. The third-order valence-electron chi connectivity index (χ3n) is 2.26. The lowest BCUT2D eigenvalue weighted by Crippen LogP contribution is -2.14. The van der Waals surface area contributed by atoms with Crippen LogP contribution in [0.15, 0.2) is 18.2 Å². The van der Waals surface area contributed by atoms with Crippen LogP contribution in [0.3, 0.4) is 0 Å². The van der Waals surface area contributed by atoms with Crippen molar-refractivity contribution in [2.75, 3.05) is 18.9 Å². The Morgan fingerprint density at radius 2 is 2.06 bits per heavy atom. The van der Waals surface area contributed by atoms with E-state index in [4.69, 9.17) is 10.5 Å². The first-order valence-corrected chi connectivity index (χ1v) is 5.44. The Balaban J connectivity index is 2.90. The van der Waals surface area contributed by atoms with Crippen molar-refractivity contribution >= 4 is 11.5 Å². The number of nitrogens with two attached hydrogens (primary N) is 1. The number of alkyl halides is 3. The minimum atomic E-state index is -4.49. The molecule has 100 valence electrons.